The SMILES string of the molecule is CCCCOc1ccc(-c2cc(C(=O)OC)ccc2OCOC)c(C[C@H](C)O)c1. The van der Waals surface area contributed by atoms with Gasteiger partial charge in [0.1, 0.15) is 11.5 Å². The Bertz CT molecular complexity index is 800. The molecule has 158 valence electrons. The van der Waals surface area contributed by atoms with Gasteiger partial charge in [-0.1, -0.05) is 19.4 Å². The number of esters is 1. The average Bonchev–Trinajstić information content (AvgIpc) is 2.71. The summed E-state index contributed by atoms with van der Waals surface area (Å²) >= 11 is 0. The van der Waals surface area contributed by atoms with E-state index in [2.05, 4.69) is 6.92 Å². The van der Waals surface area contributed by atoms with E-state index in [1.165, 1.54) is 7.11 Å². The molecule has 1 N–H and O–H groups in total. The molecular formula is C23H30O6. The second-order valence-electron chi connectivity index (χ2n) is 6.83. The van der Waals surface area contributed by atoms with Gasteiger partial charge in [0.15, 0.2) is 6.79 Å². The van der Waals surface area contributed by atoms with Crippen LogP contribution in [0.3, 0.4) is 0 Å². The molecule has 0 amide bonds. The van der Waals surface area contributed by atoms with Gasteiger partial charge in [0.25, 0.3) is 0 Å². The third-order valence-corrected chi connectivity index (χ3v) is 4.38. The quantitative estimate of drug-likeness (QED) is 0.345. The summed E-state index contributed by atoms with van der Waals surface area (Å²) < 4.78 is 21.4. The lowest BCUT2D eigenvalue weighted by Crippen LogP contribution is -2.08. The van der Waals surface area contributed by atoms with E-state index in [-0.39, 0.29) is 6.79 Å². The molecule has 6 heteroatoms. The zero-order valence-corrected chi connectivity index (χ0v) is 17.6. The monoisotopic (exact) mass is 402 g/mol. The van der Waals surface area contributed by atoms with Crippen molar-refractivity contribution < 1.29 is 28.8 Å². The largest absolute Gasteiger partial charge is 0.494 e. The standard InChI is InChI=1S/C23H30O6/c1-5-6-11-28-19-8-9-20(18(13-19)12-16(2)24)21-14-17(23(25)27-4)7-10-22(21)29-15-26-3/h7-10,13-14,16,24H,5-6,11-12,15H2,1-4H3/t16-/m0/s1. The summed E-state index contributed by atoms with van der Waals surface area (Å²) in [5.41, 5.74) is 2.89. The number of unbranched alkanes of at least 4 members (excludes halogenated alkanes) is 1. The van der Waals surface area contributed by atoms with Gasteiger partial charge in [0, 0.05) is 12.7 Å². The van der Waals surface area contributed by atoms with Crippen molar-refractivity contribution >= 4 is 5.97 Å². The minimum Gasteiger partial charge on any atom is -0.494 e. The lowest BCUT2D eigenvalue weighted by Gasteiger charge is -2.18. The molecule has 2 aromatic carbocycles. The van der Waals surface area contributed by atoms with Crippen LogP contribution in [0.2, 0.25) is 0 Å². The van der Waals surface area contributed by atoms with Crippen LogP contribution in [-0.2, 0) is 15.9 Å². The number of carbonyl (C=O) groups is 1. The number of aliphatic hydroxyl groups excluding tert-OH is 1. The fourth-order valence-electron chi connectivity index (χ4n) is 2.98. The van der Waals surface area contributed by atoms with Crippen molar-refractivity contribution in [3.05, 3.63) is 47.5 Å². The van der Waals surface area contributed by atoms with Gasteiger partial charge in [-0.3, -0.25) is 0 Å². The maximum atomic E-state index is 12.0. The smallest absolute Gasteiger partial charge is 0.337 e. The summed E-state index contributed by atoms with van der Waals surface area (Å²) in [6.45, 7) is 4.57. The molecular weight excluding hydrogens is 372 g/mol. The van der Waals surface area contributed by atoms with Crippen LogP contribution >= 0.6 is 0 Å². The fraction of sp³-hybridized carbons (Fsp3) is 0.435. The van der Waals surface area contributed by atoms with Crippen molar-refractivity contribution in [1.82, 2.24) is 0 Å². The minimum atomic E-state index is -0.535. The molecule has 0 bridgehead atoms. The van der Waals surface area contributed by atoms with Gasteiger partial charge in [0.2, 0.25) is 0 Å². The van der Waals surface area contributed by atoms with Crippen molar-refractivity contribution in [3.63, 3.8) is 0 Å². The highest BCUT2D eigenvalue weighted by atomic mass is 16.7. The van der Waals surface area contributed by atoms with E-state index in [1.54, 1.807) is 32.2 Å². The van der Waals surface area contributed by atoms with Crippen LogP contribution in [0.15, 0.2) is 36.4 Å². The van der Waals surface area contributed by atoms with E-state index < -0.39 is 12.1 Å². The lowest BCUT2D eigenvalue weighted by molar-refractivity contribution is 0.0514. The topological polar surface area (TPSA) is 74.2 Å². The zero-order chi connectivity index (χ0) is 21.2. The van der Waals surface area contributed by atoms with Gasteiger partial charge in [0.05, 0.1) is 25.4 Å². The first kappa shape index (κ1) is 22.7. The Morgan fingerprint density at radius 1 is 1.07 bits per heavy atom. The average molecular weight is 402 g/mol. The third-order valence-electron chi connectivity index (χ3n) is 4.38. The number of hydrogen-bond donors (Lipinski definition) is 1. The van der Waals surface area contributed by atoms with Gasteiger partial charge in [-0.15, -0.1) is 0 Å². The highest BCUT2D eigenvalue weighted by molar-refractivity contribution is 5.92. The van der Waals surface area contributed by atoms with Crippen LogP contribution in [0, 0.1) is 0 Å². The normalized spacial score (nSPS) is 11.8. The highest BCUT2D eigenvalue weighted by Crippen LogP contribution is 2.36. The summed E-state index contributed by atoms with van der Waals surface area (Å²) in [6.07, 6.45) is 1.93. The molecule has 2 rings (SSSR count). The first-order valence-electron chi connectivity index (χ1n) is 9.78. The van der Waals surface area contributed by atoms with E-state index in [0.717, 1.165) is 35.3 Å². The number of rotatable bonds is 11. The van der Waals surface area contributed by atoms with Crippen LogP contribution < -0.4 is 9.47 Å². The van der Waals surface area contributed by atoms with Crippen molar-refractivity contribution in [2.75, 3.05) is 27.6 Å². The number of ether oxygens (including phenoxy) is 4. The Labute approximate surface area is 172 Å². The Balaban J connectivity index is 2.52. The second kappa shape index (κ2) is 11.4. The molecule has 0 spiro atoms. The first-order chi connectivity index (χ1) is 14.0. The lowest BCUT2D eigenvalue weighted by atomic mass is 9.94. The molecule has 0 radical (unpaired) electrons. The van der Waals surface area contributed by atoms with Crippen molar-refractivity contribution in [2.45, 2.75) is 39.2 Å². The van der Waals surface area contributed by atoms with E-state index in [4.69, 9.17) is 18.9 Å². The van der Waals surface area contributed by atoms with Crippen LogP contribution in [0.5, 0.6) is 11.5 Å². The Morgan fingerprint density at radius 3 is 2.52 bits per heavy atom. The summed E-state index contributed by atoms with van der Waals surface area (Å²) in [7, 11) is 2.89. The molecule has 0 aliphatic carbocycles. The van der Waals surface area contributed by atoms with E-state index >= 15 is 0 Å². The maximum absolute atomic E-state index is 12.0. The summed E-state index contributed by atoms with van der Waals surface area (Å²) in [4.78, 5) is 12.0. The van der Waals surface area contributed by atoms with Crippen LogP contribution in [-0.4, -0.2) is 44.8 Å². The van der Waals surface area contributed by atoms with E-state index in [9.17, 15) is 9.90 Å². The zero-order valence-electron chi connectivity index (χ0n) is 17.6. The van der Waals surface area contributed by atoms with Crippen molar-refractivity contribution in [3.8, 4) is 22.6 Å². The number of benzene rings is 2. The predicted octanol–water partition coefficient (Wildman–Crippen LogP) is 4.23. The Kier molecular flexibility index (Phi) is 8.96. The molecule has 0 aliphatic heterocycles. The van der Waals surface area contributed by atoms with E-state index in [1.807, 2.05) is 18.2 Å². The molecule has 1 atom stereocenters. The van der Waals surface area contributed by atoms with Crippen LogP contribution in [0.4, 0.5) is 0 Å². The number of hydrogen-bond acceptors (Lipinski definition) is 6. The van der Waals surface area contributed by atoms with Crippen molar-refractivity contribution in [1.29, 1.82) is 0 Å². The molecule has 0 aliphatic rings. The van der Waals surface area contributed by atoms with E-state index in [0.29, 0.717) is 24.3 Å². The molecule has 6 nitrogen and oxygen atoms in total. The Hall–Kier alpha value is -2.57. The molecule has 0 unspecified atom stereocenters. The third kappa shape index (κ3) is 6.48. The number of methoxy groups -OCH3 is 2. The van der Waals surface area contributed by atoms with Gasteiger partial charge in [-0.2, -0.15) is 0 Å². The molecule has 29 heavy (non-hydrogen) atoms. The molecule has 0 fully saturated rings. The minimum absolute atomic E-state index is 0.0779. The fourth-order valence-corrected chi connectivity index (χ4v) is 2.98. The molecule has 0 saturated carbocycles. The summed E-state index contributed by atoms with van der Waals surface area (Å²) in [5.74, 6) is 0.897. The second-order valence-corrected chi connectivity index (χ2v) is 6.83. The summed E-state index contributed by atoms with van der Waals surface area (Å²) in [5, 5.41) is 10.0. The molecule has 2 aromatic rings. The number of carbonyl (C=O) groups excluding carboxylic acids is 1. The Morgan fingerprint density at radius 2 is 1.86 bits per heavy atom. The van der Waals surface area contributed by atoms with Crippen molar-refractivity contribution in [2.24, 2.45) is 0 Å². The molecule has 0 aromatic heterocycles. The number of aliphatic hydroxyl groups is 1. The van der Waals surface area contributed by atoms with Gasteiger partial charge in [-0.25, -0.2) is 4.79 Å². The molecule has 0 heterocycles. The maximum Gasteiger partial charge on any atom is 0.337 e. The van der Waals surface area contributed by atoms with Gasteiger partial charge < -0.3 is 24.1 Å². The van der Waals surface area contributed by atoms with Gasteiger partial charge in [-0.05, 0) is 61.2 Å². The van der Waals surface area contributed by atoms with Crippen LogP contribution in [0.1, 0.15) is 42.6 Å². The first-order valence-corrected chi connectivity index (χ1v) is 9.78. The van der Waals surface area contributed by atoms with Gasteiger partial charge >= 0.3 is 5.97 Å². The highest BCUT2D eigenvalue weighted by Gasteiger charge is 2.17. The van der Waals surface area contributed by atoms with Crippen LogP contribution in [0.25, 0.3) is 11.1 Å². The summed E-state index contributed by atoms with van der Waals surface area (Å²) in [6, 6.07) is 10.9. The predicted molar refractivity (Wildman–Crippen MR) is 112 cm³/mol. The molecule has 0 saturated heterocycles.